The Morgan fingerprint density at radius 1 is 1.31 bits per heavy atom. The van der Waals surface area contributed by atoms with Gasteiger partial charge in [-0.2, -0.15) is 0 Å². The van der Waals surface area contributed by atoms with Gasteiger partial charge < -0.3 is 19.8 Å². The first-order valence-electron chi connectivity index (χ1n) is 9.40. The number of rotatable bonds is 9. The van der Waals surface area contributed by atoms with Crippen LogP contribution in [0.4, 0.5) is 0 Å². The molecule has 3 rings (SSSR count). The maximum atomic E-state index is 5.77. The standard InChI is InChI=1S/C18H28N6O2/c1-2-13-26-17(5-1)15-21-18(20-9-7-16-6-3-14-25-16)19-8-4-11-24-12-10-22-23-24/h3,6,10,12,14,17H,1-2,4-5,7-9,11,13,15H2,(H2,19,20,21). The molecule has 142 valence electrons. The largest absolute Gasteiger partial charge is 0.469 e. The van der Waals surface area contributed by atoms with Gasteiger partial charge in [0.2, 0.25) is 0 Å². The molecule has 0 bridgehead atoms. The van der Waals surface area contributed by atoms with Crippen LogP contribution >= 0.6 is 0 Å². The number of guanidine groups is 1. The zero-order valence-electron chi connectivity index (χ0n) is 15.1. The molecule has 2 aromatic rings. The number of furan rings is 1. The van der Waals surface area contributed by atoms with E-state index < -0.39 is 0 Å². The second kappa shape index (κ2) is 10.6. The van der Waals surface area contributed by atoms with Crippen LogP contribution < -0.4 is 10.6 Å². The lowest BCUT2D eigenvalue weighted by Gasteiger charge is -2.21. The molecule has 2 aromatic heterocycles. The number of hydrogen-bond acceptors (Lipinski definition) is 5. The minimum absolute atomic E-state index is 0.238. The van der Waals surface area contributed by atoms with Gasteiger partial charge in [0.1, 0.15) is 5.76 Å². The normalized spacial score (nSPS) is 18.0. The lowest BCUT2D eigenvalue weighted by Crippen LogP contribution is -2.40. The molecule has 1 fully saturated rings. The summed E-state index contributed by atoms with van der Waals surface area (Å²) in [4.78, 5) is 4.70. The highest BCUT2D eigenvalue weighted by atomic mass is 16.5. The number of aryl methyl sites for hydroxylation is 1. The molecule has 2 N–H and O–H groups in total. The van der Waals surface area contributed by atoms with E-state index in [-0.39, 0.29) is 6.10 Å². The van der Waals surface area contributed by atoms with Gasteiger partial charge in [0.15, 0.2) is 5.96 Å². The first-order chi connectivity index (χ1) is 12.9. The van der Waals surface area contributed by atoms with Crippen LogP contribution in [0.1, 0.15) is 31.4 Å². The Kier molecular flexibility index (Phi) is 7.52. The first-order valence-corrected chi connectivity index (χ1v) is 9.40. The van der Waals surface area contributed by atoms with E-state index in [0.717, 1.165) is 63.6 Å². The zero-order chi connectivity index (χ0) is 17.9. The van der Waals surface area contributed by atoms with Crippen LogP contribution in [0.2, 0.25) is 0 Å². The minimum atomic E-state index is 0.238. The number of nitrogens with zero attached hydrogens (tertiary/aromatic N) is 4. The summed E-state index contributed by atoms with van der Waals surface area (Å²) in [6.45, 7) is 3.97. The monoisotopic (exact) mass is 360 g/mol. The molecule has 0 aliphatic carbocycles. The zero-order valence-corrected chi connectivity index (χ0v) is 15.1. The average Bonchev–Trinajstić information content (AvgIpc) is 3.37. The van der Waals surface area contributed by atoms with Crippen molar-refractivity contribution in [2.75, 3.05) is 26.2 Å². The van der Waals surface area contributed by atoms with Crippen molar-refractivity contribution in [2.45, 2.75) is 44.8 Å². The van der Waals surface area contributed by atoms with Crippen LogP contribution in [-0.4, -0.2) is 53.3 Å². The molecule has 3 heterocycles. The maximum Gasteiger partial charge on any atom is 0.191 e. The van der Waals surface area contributed by atoms with Crippen molar-refractivity contribution in [3.05, 3.63) is 36.5 Å². The molecule has 8 heteroatoms. The van der Waals surface area contributed by atoms with E-state index in [1.165, 1.54) is 6.42 Å². The molecule has 0 aromatic carbocycles. The van der Waals surface area contributed by atoms with Crippen molar-refractivity contribution in [3.8, 4) is 0 Å². The third-order valence-corrected chi connectivity index (χ3v) is 4.30. The van der Waals surface area contributed by atoms with Gasteiger partial charge in [0, 0.05) is 38.9 Å². The molecule has 1 atom stereocenters. The summed E-state index contributed by atoms with van der Waals surface area (Å²) in [5.41, 5.74) is 0. The van der Waals surface area contributed by atoms with E-state index in [1.54, 1.807) is 12.5 Å². The lowest BCUT2D eigenvalue weighted by atomic mass is 10.1. The van der Waals surface area contributed by atoms with E-state index in [0.29, 0.717) is 6.54 Å². The van der Waals surface area contributed by atoms with Gasteiger partial charge in [0.05, 0.1) is 25.1 Å². The van der Waals surface area contributed by atoms with Crippen LogP contribution in [-0.2, 0) is 17.7 Å². The fraction of sp³-hybridized carbons (Fsp3) is 0.611. The fourth-order valence-electron chi connectivity index (χ4n) is 2.88. The van der Waals surface area contributed by atoms with Crippen molar-refractivity contribution in [1.29, 1.82) is 0 Å². The number of aromatic nitrogens is 3. The van der Waals surface area contributed by atoms with Crippen molar-refractivity contribution >= 4 is 5.96 Å². The van der Waals surface area contributed by atoms with E-state index in [9.17, 15) is 0 Å². The molecule has 1 saturated heterocycles. The highest BCUT2D eigenvalue weighted by Crippen LogP contribution is 2.12. The number of ether oxygens (including phenoxy) is 1. The smallest absolute Gasteiger partial charge is 0.191 e. The minimum Gasteiger partial charge on any atom is -0.469 e. The highest BCUT2D eigenvalue weighted by Gasteiger charge is 2.13. The maximum absolute atomic E-state index is 5.77. The van der Waals surface area contributed by atoms with Crippen LogP contribution in [0.5, 0.6) is 0 Å². The van der Waals surface area contributed by atoms with Gasteiger partial charge in [-0.25, -0.2) is 0 Å². The summed E-state index contributed by atoms with van der Waals surface area (Å²) in [6.07, 6.45) is 10.8. The highest BCUT2D eigenvalue weighted by molar-refractivity contribution is 5.79. The van der Waals surface area contributed by atoms with E-state index in [2.05, 4.69) is 20.9 Å². The predicted molar refractivity (Wildman–Crippen MR) is 98.9 cm³/mol. The van der Waals surface area contributed by atoms with Crippen LogP contribution in [0.15, 0.2) is 40.2 Å². The fourth-order valence-corrected chi connectivity index (χ4v) is 2.88. The topological polar surface area (TPSA) is 89.5 Å². The van der Waals surface area contributed by atoms with Crippen molar-refractivity contribution in [1.82, 2.24) is 25.6 Å². The third-order valence-electron chi connectivity index (χ3n) is 4.30. The van der Waals surface area contributed by atoms with E-state index in [1.807, 2.05) is 23.0 Å². The van der Waals surface area contributed by atoms with Crippen molar-refractivity contribution in [3.63, 3.8) is 0 Å². The Balaban J connectivity index is 1.42. The SMILES string of the molecule is c1coc(CCNC(=NCC2CCCCO2)NCCCn2ccnn2)c1. The molecular weight excluding hydrogens is 332 g/mol. The number of hydrogen-bond donors (Lipinski definition) is 2. The molecular formula is C18H28N6O2. The van der Waals surface area contributed by atoms with Gasteiger partial charge in [-0.15, -0.1) is 5.10 Å². The Morgan fingerprint density at radius 3 is 3.04 bits per heavy atom. The summed E-state index contributed by atoms with van der Waals surface area (Å²) in [5.74, 6) is 1.79. The molecule has 8 nitrogen and oxygen atoms in total. The van der Waals surface area contributed by atoms with Gasteiger partial charge in [0.25, 0.3) is 0 Å². The lowest BCUT2D eigenvalue weighted by molar-refractivity contribution is 0.0224. The van der Waals surface area contributed by atoms with Crippen molar-refractivity contribution in [2.24, 2.45) is 4.99 Å². The van der Waals surface area contributed by atoms with Gasteiger partial charge in [-0.05, 0) is 37.8 Å². The molecule has 1 aliphatic heterocycles. The quantitative estimate of drug-likeness (QED) is 0.401. The van der Waals surface area contributed by atoms with Gasteiger partial charge in [-0.1, -0.05) is 5.21 Å². The Bertz CT molecular complexity index is 620. The summed E-state index contributed by atoms with van der Waals surface area (Å²) >= 11 is 0. The second-order valence-corrected chi connectivity index (χ2v) is 6.38. The Morgan fingerprint density at radius 2 is 2.27 bits per heavy atom. The van der Waals surface area contributed by atoms with E-state index >= 15 is 0 Å². The first kappa shape index (κ1) is 18.4. The molecule has 0 radical (unpaired) electrons. The molecule has 1 unspecified atom stereocenters. The van der Waals surface area contributed by atoms with Gasteiger partial charge >= 0.3 is 0 Å². The Hall–Kier alpha value is -2.35. The summed E-state index contributed by atoms with van der Waals surface area (Å²) in [7, 11) is 0. The molecule has 0 saturated carbocycles. The number of nitrogens with one attached hydrogen (secondary N) is 2. The van der Waals surface area contributed by atoms with Crippen molar-refractivity contribution < 1.29 is 9.15 Å². The van der Waals surface area contributed by atoms with E-state index in [4.69, 9.17) is 14.1 Å². The Labute approximate surface area is 154 Å². The van der Waals surface area contributed by atoms with Crippen LogP contribution in [0.3, 0.4) is 0 Å². The van der Waals surface area contributed by atoms with Crippen LogP contribution in [0, 0.1) is 0 Å². The number of aliphatic imine (C=N–C) groups is 1. The summed E-state index contributed by atoms with van der Waals surface area (Å²) in [5, 5.41) is 14.6. The van der Waals surface area contributed by atoms with Gasteiger partial charge in [-0.3, -0.25) is 9.67 Å². The predicted octanol–water partition coefficient (Wildman–Crippen LogP) is 1.61. The molecule has 26 heavy (non-hydrogen) atoms. The molecule has 0 amide bonds. The average molecular weight is 360 g/mol. The second-order valence-electron chi connectivity index (χ2n) is 6.38. The molecule has 1 aliphatic rings. The summed E-state index contributed by atoms with van der Waals surface area (Å²) < 4.78 is 13.0. The molecule has 0 spiro atoms. The van der Waals surface area contributed by atoms with Crippen LogP contribution in [0.25, 0.3) is 0 Å². The summed E-state index contributed by atoms with van der Waals surface area (Å²) in [6, 6.07) is 3.90. The third kappa shape index (κ3) is 6.51.